The van der Waals surface area contributed by atoms with E-state index < -0.39 is 15.4 Å². The van der Waals surface area contributed by atoms with Crippen molar-refractivity contribution < 1.29 is 47.3 Å². The van der Waals surface area contributed by atoms with Crippen LogP contribution in [0.1, 0.15) is 128 Å². The van der Waals surface area contributed by atoms with Gasteiger partial charge < -0.3 is 9.29 Å². The third-order valence-electron chi connectivity index (χ3n) is 6.53. The third kappa shape index (κ3) is 15.8. The zero-order chi connectivity index (χ0) is 24.4. The van der Waals surface area contributed by atoms with E-state index in [1.54, 1.807) is 6.92 Å². The van der Waals surface area contributed by atoms with E-state index in [-0.39, 0.29) is 42.6 Å². The van der Waals surface area contributed by atoms with Crippen LogP contribution in [0.25, 0.3) is 0 Å². The molecule has 1 atom stereocenters. The molecule has 0 saturated carbocycles. The number of ether oxygens (including phenoxy) is 1. The molecule has 0 amide bonds. The van der Waals surface area contributed by atoms with Crippen LogP contribution in [-0.2, 0) is 23.0 Å². The molecule has 6 heteroatoms. The largest absolute Gasteiger partial charge is 1.00 e. The van der Waals surface area contributed by atoms with Crippen LogP contribution in [0, 0.1) is 0 Å². The Morgan fingerprint density at radius 3 is 1.76 bits per heavy atom. The molecule has 0 aromatic heterocycles. The molecule has 0 fully saturated rings. The van der Waals surface area contributed by atoms with Crippen molar-refractivity contribution in [3.8, 4) is 5.75 Å². The summed E-state index contributed by atoms with van der Waals surface area (Å²) in [6, 6.07) is 6.33. The third-order valence-corrected chi connectivity index (χ3v) is 7.82. The van der Waals surface area contributed by atoms with Gasteiger partial charge in [-0.05, 0) is 49.3 Å². The number of hydrogen-bond acceptors (Lipinski definition) is 4. The van der Waals surface area contributed by atoms with Crippen molar-refractivity contribution in [1.82, 2.24) is 0 Å². The van der Waals surface area contributed by atoms with Crippen LogP contribution in [0.5, 0.6) is 5.75 Å². The smallest absolute Gasteiger partial charge is 0.748 e. The monoisotopic (exact) mass is 504 g/mol. The molecule has 4 nitrogen and oxygen atoms in total. The molecule has 0 saturated heterocycles. The van der Waals surface area contributed by atoms with E-state index in [4.69, 9.17) is 4.74 Å². The topological polar surface area (TPSA) is 66.4 Å². The number of unbranched alkanes of at least 4 members (excludes halogenated alkanes) is 12. The molecule has 0 aliphatic carbocycles. The van der Waals surface area contributed by atoms with Gasteiger partial charge in [-0.15, -0.1) is 0 Å². The van der Waals surface area contributed by atoms with Gasteiger partial charge in [0.25, 0.3) is 0 Å². The van der Waals surface area contributed by atoms with Crippen molar-refractivity contribution in [2.75, 3.05) is 6.61 Å². The molecule has 1 aromatic rings. The molecule has 0 bridgehead atoms. The van der Waals surface area contributed by atoms with E-state index in [2.05, 4.69) is 26.0 Å². The number of rotatable bonds is 21. The molecule has 0 aliphatic heterocycles. The first-order valence-electron chi connectivity index (χ1n) is 13.6. The molecule has 0 heterocycles. The Morgan fingerprint density at radius 1 is 0.765 bits per heavy atom. The molecule has 0 spiro atoms. The summed E-state index contributed by atoms with van der Waals surface area (Å²) in [4.78, 5) is 0. The summed E-state index contributed by atoms with van der Waals surface area (Å²) in [6.07, 6.45) is 20.2. The van der Waals surface area contributed by atoms with Gasteiger partial charge >= 0.3 is 29.6 Å². The van der Waals surface area contributed by atoms with Gasteiger partial charge in [0, 0.05) is 0 Å². The van der Waals surface area contributed by atoms with Crippen LogP contribution < -0.4 is 34.3 Å². The second kappa shape index (κ2) is 21.1. The van der Waals surface area contributed by atoms with Gasteiger partial charge in [0.1, 0.15) is 22.5 Å². The fraction of sp³-hybridized carbons (Fsp3) is 0.786. The summed E-state index contributed by atoms with van der Waals surface area (Å²) in [6.45, 7) is 6.14. The molecule has 1 aromatic carbocycles. The standard InChI is InChI=1S/C28H50O4S.Na/c1-4-7-9-11-13-15-17-19-25-21-22-28(32-24-27(6-3)33(29,30)31)26(23-25)20-18-16-14-12-10-8-5-2;/h21-23,27H,4-20,24H2,1-3H3,(H,29,30,31);/q;+1/p-1. The summed E-state index contributed by atoms with van der Waals surface area (Å²) < 4.78 is 40.2. The van der Waals surface area contributed by atoms with Gasteiger partial charge in [0.2, 0.25) is 0 Å². The Balaban J connectivity index is 0.0000109. The first kappa shape index (κ1) is 33.9. The maximum atomic E-state index is 11.4. The molecular weight excluding hydrogens is 455 g/mol. The molecule has 0 aliphatic rings. The molecular formula is C28H49NaO4S. The molecule has 192 valence electrons. The van der Waals surface area contributed by atoms with Crippen LogP contribution in [-0.4, -0.2) is 24.8 Å². The van der Waals surface area contributed by atoms with Crippen LogP contribution in [0.2, 0.25) is 0 Å². The van der Waals surface area contributed by atoms with Gasteiger partial charge in [-0.1, -0.05) is 110 Å². The summed E-state index contributed by atoms with van der Waals surface area (Å²) in [5.74, 6) is 0.742. The maximum Gasteiger partial charge on any atom is 1.00 e. The fourth-order valence-corrected chi connectivity index (χ4v) is 4.91. The van der Waals surface area contributed by atoms with Crippen molar-refractivity contribution in [2.24, 2.45) is 0 Å². The Bertz CT molecular complexity index is 721. The quantitative estimate of drug-likeness (QED) is 0.135. The Labute approximate surface area is 233 Å². The molecule has 1 rings (SSSR count). The van der Waals surface area contributed by atoms with Crippen molar-refractivity contribution in [1.29, 1.82) is 0 Å². The van der Waals surface area contributed by atoms with E-state index in [0.717, 1.165) is 30.6 Å². The number of aryl methyl sites for hydroxylation is 2. The Hall–Kier alpha value is -0.0700. The minimum atomic E-state index is -4.34. The predicted octanol–water partition coefficient (Wildman–Crippen LogP) is 4.98. The van der Waals surface area contributed by atoms with E-state index in [9.17, 15) is 13.0 Å². The van der Waals surface area contributed by atoms with E-state index >= 15 is 0 Å². The summed E-state index contributed by atoms with van der Waals surface area (Å²) in [5, 5.41) is -0.990. The Kier molecular flexibility index (Phi) is 21.0. The van der Waals surface area contributed by atoms with E-state index in [0.29, 0.717) is 0 Å². The maximum absolute atomic E-state index is 11.4. The second-order valence-electron chi connectivity index (χ2n) is 9.52. The molecule has 34 heavy (non-hydrogen) atoms. The second-order valence-corrected chi connectivity index (χ2v) is 11.2. The SMILES string of the molecule is CCCCCCCCCc1ccc(OCC(CC)S(=O)(=O)[O-])c(CCCCCCCCC)c1.[Na+]. The average molecular weight is 505 g/mol. The van der Waals surface area contributed by atoms with Crippen LogP contribution >= 0.6 is 0 Å². The average Bonchev–Trinajstić information content (AvgIpc) is 2.78. The molecule has 1 unspecified atom stereocenters. The molecule has 0 radical (unpaired) electrons. The number of hydrogen-bond donors (Lipinski definition) is 0. The Morgan fingerprint density at radius 2 is 1.26 bits per heavy atom. The van der Waals surface area contributed by atoms with Crippen LogP contribution in [0.3, 0.4) is 0 Å². The van der Waals surface area contributed by atoms with Crippen LogP contribution in [0.15, 0.2) is 18.2 Å². The molecule has 0 N–H and O–H groups in total. The first-order valence-corrected chi connectivity index (χ1v) is 15.1. The summed E-state index contributed by atoms with van der Waals surface area (Å²) in [7, 11) is -4.34. The predicted molar refractivity (Wildman–Crippen MR) is 139 cm³/mol. The van der Waals surface area contributed by atoms with Crippen molar-refractivity contribution in [2.45, 2.75) is 135 Å². The minimum absolute atomic E-state index is 0. The normalized spacial score (nSPS) is 12.4. The van der Waals surface area contributed by atoms with Gasteiger partial charge in [-0.25, -0.2) is 8.42 Å². The minimum Gasteiger partial charge on any atom is -0.748 e. The van der Waals surface area contributed by atoms with Crippen molar-refractivity contribution in [3.05, 3.63) is 29.3 Å². The van der Waals surface area contributed by atoms with Crippen molar-refractivity contribution in [3.63, 3.8) is 0 Å². The summed E-state index contributed by atoms with van der Waals surface area (Å²) >= 11 is 0. The van der Waals surface area contributed by atoms with Gasteiger partial charge in [-0.2, -0.15) is 0 Å². The summed E-state index contributed by atoms with van der Waals surface area (Å²) in [5.41, 5.74) is 2.49. The van der Waals surface area contributed by atoms with Gasteiger partial charge in [0.15, 0.2) is 0 Å². The van der Waals surface area contributed by atoms with Crippen LogP contribution in [0.4, 0.5) is 0 Å². The van der Waals surface area contributed by atoms with Crippen molar-refractivity contribution >= 4 is 10.1 Å². The zero-order valence-electron chi connectivity index (χ0n) is 22.6. The first-order chi connectivity index (χ1) is 15.9. The van der Waals surface area contributed by atoms with Gasteiger partial charge in [0.05, 0.1) is 5.25 Å². The van der Waals surface area contributed by atoms with Gasteiger partial charge in [-0.3, -0.25) is 0 Å². The zero-order valence-corrected chi connectivity index (χ0v) is 25.4. The van der Waals surface area contributed by atoms with E-state index in [1.165, 1.54) is 89.0 Å². The fourth-order valence-electron chi connectivity index (χ4n) is 4.27. The number of benzene rings is 1. The van der Waals surface area contributed by atoms with E-state index in [1.807, 2.05) is 6.07 Å².